The third-order valence-electron chi connectivity index (χ3n) is 2.10. The maximum atomic E-state index is 9.00. The molecule has 0 radical (unpaired) electrons. The Morgan fingerprint density at radius 2 is 1.93 bits per heavy atom. The number of rotatable bonds is 4. The van der Waals surface area contributed by atoms with Gasteiger partial charge in [-0.3, -0.25) is 0 Å². The molecule has 84 valence electrons. The maximum Gasteiger partial charge on any atom is 0.136 e. The number of halogens is 1. The summed E-state index contributed by atoms with van der Waals surface area (Å²) in [5, 5.41) is 9.00. The van der Waals surface area contributed by atoms with Crippen LogP contribution in [-0.2, 0) is 0 Å². The minimum Gasteiger partial charge on any atom is -0.496 e. The average Bonchev–Trinajstić information content (AvgIpc) is 2.27. The van der Waals surface area contributed by atoms with Gasteiger partial charge in [0, 0.05) is 11.6 Å². The predicted octanol–water partition coefficient (Wildman–Crippen LogP) is 1.46. The molecule has 5 heteroatoms. The molecule has 0 aliphatic rings. The third kappa shape index (κ3) is 2.62. The number of aliphatic hydroxyl groups excluding tert-OH is 1. The fourth-order valence-corrected chi connectivity index (χ4v) is 1.79. The quantitative estimate of drug-likeness (QED) is 0.873. The zero-order valence-electron chi connectivity index (χ0n) is 8.66. The fraction of sp³-hybridized carbons (Fsp3) is 0.400. The molecule has 0 saturated heterocycles. The van der Waals surface area contributed by atoms with Crippen molar-refractivity contribution in [2.24, 2.45) is 5.73 Å². The Balaban J connectivity index is 3.21. The van der Waals surface area contributed by atoms with E-state index in [2.05, 4.69) is 15.9 Å². The van der Waals surface area contributed by atoms with Gasteiger partial charge in [0.25, 0.3) is 0 Å². The summed E-state index contributed by atoms with van der Waals surface area (Å²) in [7, 11) is 3.13. The summed E-state index contributed by atoms with van der Waals surface area (Å²) in [6.45, 7) is -0.130. The molecule has 0 aliphatic carbocycles. The largest absolute Gasteiger partial charge is 0.496 e. The SMILES string of the molecule is COc1cc(OC)c([C@H](N)CO)cc1Br. The van der Waals surface area contributed by atoms with Crippen LogP contribution in [0.3, 0.4) is 0 Å². The molecule has 0 aliphatic heterocycles. The number of nitrogens with two attached hydrogens (primary N) is 1. The molecule has 0 fully saturated rings. The molecule has 1 atom stereocenters. The smallest absolute Gasteiger partial charge is 0.136 e. The summed E-state index contributed by atoms with van der Waals surface area (Å²) in [4.78, 5) is 0. The summed E-state index contributed by atoms with van der Waals surface area (Å²) in [5.74, 6) is 1.28. The molecule has 0 saturated carbocycles. The molecular formula is C10H14BrNO3. The van der Waals surface area contributed by atoms with Crippen molar-refractivity contribution < 1.29 is 14.6 Å². The fourth-order valence-electron chi connectivity index (χ4n) is 1.27. The van der Waals surface area contributed by atoms with Gasteiger partial charge in [0.15, 0.2) is 0 Å². The van der Waals surface area contributed by atoms with Gasteiger partial charge in [-0.05, 0) is 22.0 Å². The molecule has 0 heterocycles. The monoisotopic (exact) mass is 275 g/mol. The molecule has 0 aromatic heterocycles. The lowest BCUT2D eigenvalue weighted by molar-refractivity contribution is 0.264. The first-order chi connectivity index (χ1) is 7.13. The standard InChI is InChI=1S/C10H14BrNO3/c1-14-9-4-10(15-2)7(11)3-6(9)8(12)5-13/h3-4,8,13H,5,12H2,1-2H3/t8-/m1/s1. The van der Waals surface area contributed by atoms with Crippen LogP contribution in [0.1, 0.15) is 11.6 Å². The molecule has 0 bridgehead atoms. The van der Waals surface area contributed by atoms with Gasteiger partial charge in [0.05, 0.1) is 31.3 Å². The van der Waals surface area contributed by atoms with Crippen molar-refractivity contribution in [3.8, 4) is 11.5 Å². The van der Waals surface area contributed by atoms with Crippen molar-refractivity contribution in [1.29, 1.82) is 0 Å². The Hall–Kier alpha value is -0.780. The van der Waals surface area contributed by atoms with Gasteiger partial charge in [0.1, 0.15) is 11.5 Å². The minimum absolute atomic E-state index is 0.130. The van der Waals surface area contributed by atoms with E-state index in [-0.39, 0.29) is 6.61 Å². The Kier molecular flexibility index (Phi) is 4.38. The van der Waals surface area contributed by atoms with E-state index in [0.717, 1.165) is 10.0 Å². The first kappa shape index (κ1) is 12.3. The van der Waals surface area contributed by atoms with E-state index >= 15 is 0 Å². The van der Waals surface area contributed by atoms with Gasteiger partial charge in [-0.15, -0.1) is 0 Å². The van der Waals surface area contributed by atoms with Crippen LogP contribution in [0.2, 0.25) is 0 Å². The number of hydrogen-bond acceptors (Lipinski definition) is 4. The van der Waals surface area contributed by atoms with Gasteiger partial charge >= 0.3 is 0 Å². The highest BCUT2D eigenvalue weighted by molar-refractivity contribution is 9.10. The van der Waals surface area contributed by atoms with E-state index in [1.54, 1.807) is 26.4 Å². The van der Waals surface area contributed by atoms with Crippen LogP contribution in [0, 0.1) is 0 Å². The molecule has 4 nitrogen and oxygen atoms in total. The molecule has 1 aromatic rings. The van der Waals surface area contributed by atoms with Crippen LogP contribution in [0.5, 0.6) is 11.5 Å². The second-order valence-electron chi connectivity index (χ2n) is 3.02. The summed E-state index contributed by atoms with van der Waals surface area (Å²) in [5.41, 5.74) is 6.48. The van der Waals surface area contributed by atoms with E-state index in [9.17, 15) is 0 Å². The summed E-state index contributed by atoms with van der Waals surface area (Å²) in [6.07, 6.45) is 0. The molecule has 0 unspecified atom stereocenters. The summed E-state index contributed by atoms with van der Waals surface area (Å²) >= 11 is 3.35. The van der Waals surface area contributed by atoms with Crippen LogP contribution in [0.25, 0.3) is 0 Å². The summed E-state index contributed by atoms with van der Waals surface area (Å²) in [6, 6.07) is 3.06. The number of hydrogen-bond donors (Lipinski definition) is 2. The lowest BCUT2D eigenvalue weighted by Gasteiger charge is -2.15. The first-order valence-corrected chi connectivity index (χ1v) is 5.21. The molecule has 3 N–H and O–H groups in total. The second-order valence-corrected chi connectivity index (χ2v) is 3.87. The number of benzene rings is 1. The van der Waals surface area contributed by atoms with Crippen molar-refractivity contribution in [1.82, 2.24) is 0 Å². The highest BCUT2D eigenvalue weighted by Gasteiger charge is 2.14. The van der Waals surface area contributed by atoms with Crippen molar-refractivity contribution in [2.45, 2.75) is 6.04 Å². The van der Waals surface area contributed by atoms with Gasteiger partial charge in [0.2, 0.25) is 0 Å². The summed E-state index contributed by atoms with van der Waals surface area (Å²) < 4.78 is 11.1. The van der Waals surface area contributed by atoms with E-state index in [0.29, 0.717) is 11.5 Å². The number of ether oxygens (including phenoxy) is 2. The Bertz CT molecular complexity index is 344. The first-order valence-electron chi connectivity index (χ1n) is 4.41. The lowest BCUT2D eigenvalue weighted by atomic mass is 10.1. The maximum absolute atomic E-state index is 9.00. The van der Waals surface area contributed by atoms with Crippen molar-refractivity contribution in [3.05, 3.63) is 22.2 Å². The number of methoxy groups -OCH3 is 2. The highest BCUT2D eigenvalue weighted by Crippen LogP contribution is 2.35. The second kappa shape index (κ2) is 5.34. The Morgan fingerprint density at radius 1 is 1.33 bits per heavy atom. The van der Waals surface area contributed by atoms with E-state index < -0.39 is 6.04 Å². The average molecular weight is 276 g/mol. The van der Waals surface area contributed by atoms with Crippen molar-refractivity contribution in [2.75, 3.05) is 20.8 Å². The van der Waals surface area contributed by atoms with Crippen LogP contribution >= 0.6 is 15.9 Å². The molecule has 1 rings (SSSR count). The van der Waals surface area contributed by atoms with Crippen LogP contribution < -0.4 is 15.2 Å². The number of aliphatic hydroxyl groups is 1. The molecule has 1 aromatic carbocycles. The molecule has 0 amide bonds. The zero-order chi connectivity index (χ0) is 11.4. The zero-order valence-corrected chi connectivity index (χ0v) is 10.2. The lowest BCUT2D eigenvalue weighted by Crippen LogP contribution is -2.15. The van der Waals surface area contributed by atoms with Crippen LogP contribution in [-0.4, -0.2) is 25.9 Å². The minimum atomic E-state index is -0.456. The normalized spacial score (nSPS) is 12.3. The highest BCUT2D eigenvalue weighted by atomic mass is 79.9. The van der Waals surface area contributed by atoms with Crippen molar-refractivity contribution in [3.63, 3.8) is 0 Å². The van der Waals surface area contributed by atoms with Gasteiger partial charge in [-0.25, -0.2) is 0 Å². The topological polar surface area (TPSA) is 64.7 Å². The molecule has 0 spiro atoms. The van der Waals surface area contributed by atoms with Gasteiger partial charge < -0.3 is 20.3 Å². The predicted molar refractivity (Wildman–Crippen MR) is 61.3 cm³/mol. The van der Waals surface area contributed by atoms with Crippen LogP contribution in [0.15, 0.2) is 16.6 Å². The van der Waals surface area contributed by atoms with Crippen LogP contribution in [0.4, 0.5) is 0 Å². The van der Waals surface area contributed by atoms with Crippen molar-refractivity contribution >= 4 is 15.9 Å². The Labute approximate surface area is 97.1 Å². The van der Waals surface area contributed by atoms with E-state index in [1.165, 1.54) is 0 Å². The van der Waals surface area contributed by atoms with E-state index in [1.807, 2.05) is 0 Å². The Morgan fingerprint density at radius 3 is 2.40 bits per heavy atom. The van der Waals surface area contributed by atoms with E-state index in [4.69, 9.17) is 20.3 Å². The third-order valence-corrected chi connectivity index (χ3v) is 2.72. The van der Waals surface area contributed by atoms with Gasteiger partial charge in [-0.2, -0.15) is 0 Å². The molecular weight excluding hydrogens is 262 g/mol. The van der Waals surface area contributed by atoms with Gasteiger partial charge in [-0.1, -0.05) is 0 Å². The molecule has 15 heavy (non-hydrogen) atoms.